The monoisotopic (exact) mass is 162 g/mol. The van der Waals surface area contributed by atoms with Gasteiger partial charge in [0.05, 0.1) is 6.61 Å². The number of hydrogen-bond acceptors (Lipinski definition) is 1. The average Bonchev–Trinajstić information content (AvgIpc) is 2.88. The summed E-state index contributed by atoms with van der Waals surface area (Å²) in [4.78, 5) is 0. The zero-order valence-electron chi connectivity index (χ0n) is 7.42. The Morgan fingerprint density at radius 3 is 2.42 bits per heavy atom. The van der Waals surface area contributed by atoms with Crippen LogP contribution in [0.5, 0.6) is 0 Å². The van der Waals surface area contributed by atoms with E-state index in [9.17, 15) is 0 Å². The van der Waals surface area contributed by atoms with Crippen molar-refractivity contribution in [1.29, 1.82) is 0 Å². The van der Waals surface area contributed by atoms with Crippen LogP contribution in [0.15, 0.2) is 30.3 Å². The Labute approximate surface area is 73.4 Å². The van der Waals surface area contributed by atoms with Gasteiger partial charge in [-0.2, -0.15) is 0 Å². The van der Waals surface area contributed by atoms with Crippen LogP contribution in [0.4, 0.5) is 0 Å². The van der Waals surface area contributed by atoms with Crippen LogP contribution in [-0.4, -0.2) is 13.7 Å². The largest absolute Gasteiger partial charge is 0.384 e. The lowest BCUT2D eigenvalue weighted by Gasteiger charge is -2.13. The Hall–Kier alpha value is -0.820. The highest BCUT2D eigenvalue weighted by atomic mass is 16.5. The van der Waals surface area contributed by atoms with Gasteiger partial charge in [0.25, 0.3) is 0 Å². The Morgan fingerprint density at radius 1 is 1.25 bits per heavy atom. The summed E-state index contributed by atoms with van der Waals surface area (Å²) in [6.45, 7) is 0.872. The second-order valence-corrected chi connectivity index (χ2v) is 3.58. The molecule has 1 fully saturated rings. The summed E-state index contributed by atoms with van der Waals surface area (Å²) in [5, 5.41) is 0. The molecule has 0 heterocycles. The molecule has 2 rings (SSSR count). The van der Waals surface area contributed by atoms with Crippen LogP contribution >= 0.6 is 0 Å². The van der Waals surface area contributed by atoms with E-state index in [1.165, 1.54) is 18.4 Å². The van der Waals surface area contributed by atoms with E-state index in [1.807, 2.05) is 0 Å². The fourth-order valence-electron chi connectivity index (χ4n) is 1.74. The molecule has 64 valence electrons. The molecule has 0 aliphatic heterocycles. The van der Waals surface area contributed by atoms with Gasteiger partial charge in [-0.1, -0.05) is 30.3 Å². The second kappa shape index (κ2) is 2.91. The van der Waals surface area contributed by atoms with Crippen molar-refractivity contribution in [3.8, 4) is 0 Å². The number of ether oxygens (including phenoxy) is 1. The molecule has 1 nitrogen and oxygen atoms in total. The molecule has 0 amide bonds. The summed E-state index contributed by atoms with van der Waals surface area (Å²) in [5.74, 6) is 0. The smallest absolute Gasteiger partial charge is 0.0559 e. The Morgan fingerprint density at radius 2 is 1.92 bits per heavy atom. The summed E-state index contributed by atoms with van der Waals surface area (Å²) in [5.41, 5.74) is 1.81. The minimum absolute atomic E-state index is 0.371. The van der Waals surface area contributed by atoms with Gasteiger partial charge in [0.2, 0.25) is 0 Å². The molecule has 0 N–H and O–H groups in total. The molecule has 1 heteroatoms. The van der Waals surface area contributed by atoms with Crippen LogP contribution < -0.4 is 0 Å². The van der Waals surface area contributed by atoms with Gasteiger partial charge in [-0.05, 0) is 18.4 Å². The highest BCUT2D eigenvalue weighted by molar-refractivity contribution is 5.31. The molecule has 0 bridgehead atoms. The summed E-state index contributed by atoms with van der Waals surface area (Å²) in [7, 11) is 1.78. The number of hydrogen-bond donors (Lipinski definition) is 0. The van der Waals surface area contributed by atoms with Gasteiger partial charge in [0.15, 0.2) is 0 Å². The Kier molecular flexibility index (Phi) is 1.89. The predicted molar refractivity (Wildman–Crippen MR) is 49.2 cm³/mol. The van der Waals surface area contributed by atoms with E-state index in [-0.39, 0.29) is 0 Å². The lowest BCUT2D eigenvalue weighted by atomic mass is 9.97. The van der Waals surface area contributed by atoms with E-state index >= 15 is 0 Å². The standard InChI is InChI=1S/C11H14O/c1-12-9-11(7-8-11)10-5-3-2-4-6-10/h2-6H,7-9H2,1H3. The van der Waals surface area contributed by atoms with Crippen molar-refractivity contribution < 1.29 is 4.74 Å². The Balaban J connectivity index is 2.19. The summed E-state index contributed by atoms with van der Waals surface area (Å²) in [6, 6.07) is 10.7. The summed E-state index contributed by atoms with van der Waals surface area (Å²) >= 11 is 0. The molecule has 1 aliphatic rings. The van der Waals surface area contributed by atoms with Crippen molar-refractivity contribution in [1.82, 2.24) is 0 Å². The molecule has 0 saturated heterocycles. The first-order chi connectivity index (χ1) is 5.87. The summed E-state index contributed by atoms with van der Waals surface area (Å²) in [6.07, 6.45) is 2.57. The van der Waals surface area contributed by atoms with Gasteiger partial charge in [0, 0.05) is 12.5 Å². The van der Waals surface area contributed by atoms with Crippen molar-refractivity contribution in [3.63, 3.8) is 0 Å². The second-order valence-electron chi connectivity index (χ2n) is 3.58. The molecular weight excluding hydrogens is 148 g/mol. The highest BCUT2D eigenvalue weighted by Crippen LogP contribution is 2.48. The molecule has 0 unspecified atom stereocenters. The first kappa shape index (κ1) is 7.81. The first-order valence-corrected chi connectivity index (χ1v) is 4.42. The molecular formula is C11H14O. The van der Waals surface area contributed by atoms with Gasteiger partial charge < -0.3 is 4.74 Å². The Bertz CT molecular complexity index is 249. The molecule has 1 saturated carbocycles. The van der Waals surface area contributed by atoms with E-state index in [4.69, 9.17) is 4.74 Å². The predicted octanol–water partition coefficient (Wildman–Crippen LogP) is 2.36. The van der Waals surface area contributed by atoms with E-state index in [2.05, 4.69) is 30.3 Å². The van der Waals surface area contributed by atoms with E-state index < -0.39 is 0 Å². The zero-order valence-corrected chi connectivity index (χ0v) is 7.42. The van der Waals surface area contributed by atoms with Gasteiger partial charge in [-0.15, -0.1) is 0 Å². The maximum atomic E-state index is 5.22. The van der Waals surface area contributed by atoms with E-state index in [0.717, 1.165) is 6.61 Å². The van der Waals surface area contributed by atoms with Crippen LogP contribution in [0, 0.1) is 0 Å². The van der Waals surface area contributed by atoms with Crippen molar-refractivity contribution in [3.05, 3.63) is 35.9 Å². The number of rotatable bonds is 3. The lowest BCUT2D eigenvalue weighted by Crippen LogP contribution is -2.13. The quantitative estimate of drug-likeness (QED) is 0.663. The van der Waals surface area contributed by atoms with Crippen LogP contribution in [0.3, 0.4) is 0 Å². The van der Waals surface area contributed by atoms with Crippen molar-refractivity contribution in [2.75, 3.05) is 13.7 Å². The van der Waals surface area contributed by atoms with Crippen molar-refractivity contribution in [2.45, 2.75) is 18.3 Å². The molecule has 1 aliphatic carbocycles. The minimum Gasteiger partial charge on any atom is -0.384 e. The van der Waals surface area contributed by atoms with Crippen molar-refractivity contribution in [2.24, 2.45) is 0 Å². The summed E-state index contributed by atoms with van der Waals surface area (Å²) < 4.78 is 5.22. The molecule has 1 aromatic carbocycles. The lowest BCUT2D eigenvalue weighted by molar-refractivity contribution is 0.171. The van der Waals surface area contributed by atoms with Crippen LogP contribution in [0.1, 0.15) is 18.4 Å². The van der Waals surface area contributed by atoms with Gasteiger partial charge >= 0.3 is 0 Å². The van der Waals surface area contributed by atoms with Gasteiger partial charge in [0.1, 0.15) is 0 Å². The highest BCUT2D eigenvalue weighted by Gasteiger charge is 2.43. The fourth-order valence-corrected chi connectivity index (χ4v) is 1.74. The SMILES string of the molecule is COCC1(c2ccccc2)CC1. The van der Waals surface area contributed by atoms with E-state index in [1.54, 1.807) is 7.11 Å². The van der Waals surface area contributed by atoms with Crippen LogP contribution in [0.25, 0.3) is 0 Å². The maximum Gasteiger partial charge on any atom is 0.0559 e. The number of methoxy groups -OCH3 is 1. The fraction of sp³-hybridized carbons (Fsp3) is 0.455. The molecule has 0 aromatic heterocycles. The minimum atomic E-state index is 0.371. The average molecular weight is 162 g/mol. The van der Waals surface area contributed by atoms with Crippen LogP contribution in [0.2, 0.25) is 0 Å². The molecule has 0 radical (unpaired) electrons. The van der Waals surface area contributed by atoms with E-state index in [0.29, 0.717) is 5.41 Å². The van der Waals surface area contributed by atoms with Gasteiger partial charge in [-0.25, -0.2) is 0 Å². The van der Waals surface area contributed by atoms with Crippen molar-refractivity contribution >= 4 is 0 Å². The maximum absolute atomic E-state index is 5.22. The molecule has 1 aromatic rings. The zero-order chi connectivity index (χ0) is 8.44. The third-order valence-electron chi connectivity index (χ3n) is 2.66. The molecule has 12 heavy (non-hydrogen) atoms. The molecule has 0 spiro atoms. The third-order valence-corrected chi connectivity index (χ3v) is 2.66. The topological polar surface area (TPSA) is 9.23 Å². The molecule has 0 atom stereocenters. The van der Waals surface area contributed by atoms with Gasteiger partial charge in [-0.3, -0.25) is 0 Å². The normalized spacial score (nSPS) is 19.1. The number of benzene rings is 1. The van der Waals surface area contributed by atoms with Crippen LogP contribution in [-0.2, 0) is 10.2 Å². The first-order valence-electron chi connectivity index (χ1n) is 4.42. The third kappa shape index (κ3) is 1.25.